The van der Waals surface area contributed by atoms with E-state index < -0.39 is 0 Å². The van der Waals surface area contributed by atoms with Gasteiger partial charge < -0.3 is 4.90 Å². The molecule has 0 bridgehead atoms. The highest BCUT2D eigenvalue weighted by molar-refractivity contribution is 9.10. The fourth-order valence-corrected chi connectivity index (χ4v) is 2.62. The molecule has 0 saturated heterocycles. The monoisotopic (exact) mass is 373 g/mol. The van der Waals surface area contributed by atoms with Crippen molar-refractivity contribution in [2.45, 2.75) is 26.9 Å². The molecule has 8 heteroatoms. The Morgan fingerprint density at radius 1 is 1.48 bits per heavy atom. The Balaban J connectivity index is 2.19. The van der Waals surface area contributed by atoms with E-state index in [0.717, 1.165) is 12.2 Å². The molecular weight excluding hydrogens is 358 g/mol. The molecule has 2 aromatic rings. The van der Waals surface area contributed by atoms with Crippen molar-refractivity contribution < 1.29 is 4.79 Å². The quantitative estimate of drug-likeness (QED) is 0.826. The number of nitrogens with zero attached hydrogens (tertiary/aromatic N) is 5. The summed E-state index contributed by atoms with van der Waals surface area (Å²) >= 11 is 9.54. The Hall–Kier alpha value is -1.34. The topological polar surface area (TPSA) is 56.0 Å². The lowest BCUT2D eigenvalue weighted by Gasteiger charge is -2.14. The van der Waals surface area contributed by atoms with Crippen LogP contribution in [0.2, 0.25) is 5.02 Å². The van der Waals surface area contributed by atoms with E-state index in [1.165, 1.54) is 0 Å². The molecule has 21 heavy (non-hydrogen) atoms. The van der Waals surface area contributed by atoms with Crippen LogP contribution in [0.25, 0.3) is 0 Å². The molecule has 0 aliphatic carbocycles. The summed E-state index contributed by atoms with van der Waals surface area (Å²) in [7, 11) is 3.51. The average Bonchev–Trinajstić information content (AvgIpc) is 2.93. The molecule has 6 nitrogen and oxygen atoms in total. The van der Waals surface area contributed by atoms with E-state index in [2.05, 4.69) is 26.1 Å². The van der Waals surface area contributed by atoms with Crippen molar-refractivity contribution in [3.63, 3.8) is 0 Å². The van der Waals surface area contributed by atoms with Crippen molar-refractivity contribution in [1.82, 2.24) is 24.5 Å². The van der Waals surface area contributed by atoms with Gasteiger partial charge in [-0.25, -0.2) is 0 Å². The van der Waals surface area contributed by atoms with E-state index >= 15 is 0 Å². The third-order valence-corrected chi connectivity index (χ3v) is 4.57. The Morgan fingerprint density at radius 2 is 2.14 bits per heavy atom. The number of amides is 1. The Labute approximate surface area is 136 Å². The van der Waals surface area contributed by atoms with Gasteiger partial charge in [-0.15, -0.1) is 0 Å². The van der Waals surface area contributed by atoms with Crippen LogP contribution < -0.4 is 0 Å². The molecule has 0 radical (unpaired) electrons. The maximum Gasteiger partial charge on any atom is 0.275 e. The first-order valence-electron chi connectivity index (χ1n) is 6.51. The molecule has 0 spiro atoms. The molecule has 0 aliphatic heterocycles. The van der Waals surface area contributed by atoms with E-state index in [9.17, 15) is 4.79 Å². The molecule has 0 saturated carbocycles. The van der Waals surface area contributed by atoms with Crippen LogP contribution in [0.5, 0.6) is 0 Å². The lowest BCUT2D eigenvalue weighted by Crippen LogP contribution is -2.27. The minimum Gasteiger partial charge on any atom is -0.334 e. The van der Waals surface area contributed by atoms with Gasteiger partial charge in [0.1, 0.15) is 5.69 Å². The van der Waals surface area contributed by atoms with Crippen molar-refractivity contribution in [3.05, 3.63) is 32.8 Å². The molecule has 0 aliphatic rings. The summed E-state index contributed by atoms with van der Waals surface area (Å²) in [4.78, 5) is 14.0. The number of halogens is 2. The van der Waals surface area contributed by atoms with Gasteiger partial charge in [-0.1, -0.05) is 11.6 Å². The molecule has 0 fully saturated rings. The number of carbonyl (C=O) groups is 1. The van der Waals surface area contributed by atoms with Crippen molar-refractivity contribution in [1.29, 1.82) is 0 Å². The van der Waals surface area contributed by atoms with Crippen LogP contribution in [0.4, 0.5) is 0 Å². The zero-order chi connectivity index (χ0) is 15.7. The Morgan fingerprint density at radius 3 is 2.62 bits per heavy atom. The summed E-state index contributed by atoms with van der Waals surface area (Å²) in [6, 6.07) is 0. The number of rotatable bonds is 4. The average molecular weight is 375 g/mol. The van der Waals surface area contributed by atoms with E-state index in [0.29, 0.717) is 27.4 Å². The molecule has 1 amide bonds. The van der Waals surface area contributed by atoms with Crippen LogP contribution >= 0.6 is 27.5 Å². The van der Waals surface area contributed by atoms with Gasteiger partial charge in [0.2, 0.25) is 0 Å². The Kier molecular flexibility index (Phi) is 4.73. The van der Waals surface area contributed by atoms with Gasteiger partial charge in [-0.2, -0.15) is 10.2 Å². The molecule has 0 unspecified atom stereocenters. The predicted octanol–water partition coefficient (Wildman–Crippen LogP) is 2.63. The van der Waals surface area contributed by atoms with Gasteiger partial charge in [0.15, 0.2) is 5.69 Å². The summed E-state index contributed by atoms with van der Waals surface area (Å²) in [5.74, 6) is -0.173. The standard InChI is InChI=1S/C13H17BrClN5O/c1-5-20-6-9(15)10(16-20)7-18(3)13(21)12-11(14)8(2)19(4)17-12/h6H,5,7H2,1-4H3. The van der Waals surface area contributed by atoms with Crippen molar-refractivity contribution in [2.75, 3.05) is 7.05 Å². The second-order valence-electron chi connectivity index (χ2n) is 4.81. The highest BCUT2D eigenvalue weighted by atomic mass is 79.9. The van der Waals surface area contributed by atoms with Crippen LogP contribution in [0, 0.1) is 6.92 Å². The van der Waals surface area contributed by atoms with Gasteiger partial charge in [-0.05, 0) is 29.8 Å². The summed E-state index contributed by atoms with van der Waals surface area (Å²) in [6.07, 6.45) is 1.76. The zero-order valence-electron chi connectivity index (χ0n) is 12.4. The number of hydrogen-bond donors (Lipinski definition) is 0. The van der Waals surface area contributed by atoms with Crippen LogP contribution in [-0.2, 0) is 20.1 Å². The van der Waals surface area contributed by atoms with Gasteiger partial charge >= 0.3 is 0 Å². The minimum atomic E-state index is -0.173. The second kappa shape index (κ2) is 6.19. The number of carbonyl (C=O) groups excluding carboxylic acids is 1. The number of hydrogen-bond acceptors (Lipinski definition) is 3. The van der Waals surface area contributed by atoms with Gasteiger partial charge in [-0.3, -0.25) is 14.2 Å². The normalized spacial score (nSPS) is 11.0. The van der Waals surface area contributed by atoms with Gasteiger partial charge in [0, 0.05) is 26.8 Å². The van der Waals surface area contributed by atoms with Crippen LogP contribution in [0.3, 0.4) is 0 Å². The van der Waals surface area contributed by atoms with Crippen molar-refractivity contribution in [2.24, 2.45) is 7.05 Å². The molecule has 0 atom stereocenters. The minimum absolute atomic E-state index is 0.173. The van der Waals surface area contributed by atoms with Crippen LogP contribution in [-0.4, -0.2) is 37.4 Å². The van der Waals surface area contributed by atoms with E-state index in [1.54, 1.807) is 34.6 Å². The van der Waals surface area contributed by atoms with Crippen LogP contribution in [0.15, 0.2) is 10.7 Å². The SMILES string of the molecule is CCn1cc(Cl)c(CN(C)C(=O)c2nn(C)c(C)c2Br)n1. The summed E-state index contributed by atoms with van der Waals surface area (Å²) < 4.78 is 4.13. The van der Waals surface area contributed by atoms with Gasteiger partial charge in [0.25, 0.3) is 5.91 Å². The molecule has 2 heterocycles. The zero-order valence-corrected chi connectivity index (χ0v) is 14.7. The molecule has 2 aromatic heterocycles. The van der Waals surface area contributed by atoms with E-state index in [4.69, 9.17) is 11.6 Å². The molecule has 2 rings (SSSR count). The maximum absolute atomic E-state index is 12.5. The lowest BCUT2D eigenvalue weighted by atomic mass is 10.3. The third kappa shape index (κ3) is 3.13. The van der Waals surface area contributed by atoms with E-state index in [-0.39, 0.29) is 5.91 Å². The summed E-state index contributed by atoms with van der Waals surface area (Å²) in [6.45, 7) is 4.96. The van der Waals surface area contributed by atoms with E-state index in [1.807, 2.05) is 13.8 Å². The smallest absolute Gasteiger partial charge is 0.275 e. The first-order chi connectivity index (χ1) is 9.85. The third-order valence-electron chi connectivity index (χ3n) is 3.31. The first kappa shape index (κ1) is 16.0. The van der Waals surface area contributed by atoms with Crippen LogP contribution in [0.1, 0.15) is 28.8 Å². The van der Waals surface area contributed by atoms with Crippen molar-refractivity contribution >= 4 is 33.4 Å². The number of aromatic nitrogens is 4. The fraction of sp³-hybridized carbons (Fsp3) is 0.462. The van der Waals surface area contributed by atoms with Gasteiger partial charge in [0.05, 0.1) is 21.7 Å². The highest BCUT2D eigenvalue weighted by Gasteiger charge is 2.22. The lowest BCUT2D eigenvalue weighted by molar-refractivity contribution is 0.0775. The Bertz CT molecular complexity index is 678. The summed E-state index contributed by atoms with van der Waals surface area (Å²) in [5.41, 5.74) is 1.97. The molecule has 0 aromatic carbocycles. The van der Waals surface area contributed by atoms with Crippen molar-refractivity contribution in [3.8, 4) is 0 Å². The second-order valence-corrected chi connectivity index (χ2v) is 6.01. The molecular formula is C13H17BrClN5O. The fourth-order valence-electron chi connectivity index (χ4n) is 1.90. The molecule has 114 valence electrons. The number of aryl methyl sites for hydroxylation is 2. The maximum atomic E-state index is 12.5. The predicted molar refractivity (Wildman–Crippen MR) is 84.4 cm³/mol. The highest BCUT2D eigenvalue weighted by Crippen LogP contribution is 2.22. The summed E-state index contributed by atoms with van der Waals surface area (Å²) in [5, 5.41) is 9.14. The largest absolute Gasteiger partial charge is 0.334 e. The molecule has 0 N–H and O–H groups in total. The first-order valence-corrected chi connectivity index (χ1v) is 7.68.